The first-order valence-electron chi connectivity index (χ1n) is 8.17. The summed E-state index contributed by atoms with van der Waals surface area (Å²) in [6.07, 6.45) is 0.662. The van der Waals surface area contributed by atoms with Crippen molar-refractivity contribution in [2.75, 3.05) is 46.4 Å². The summed E-state index contributed by atoms with van der Waals surface area (Å²) in [5, 5.41) is 0. The van der Waals surface area contributed by atoms with E-state index in [-0.39, 0.29) is 11.8 Å². The number of carbonyl (C=O) groups excluding carboxylic acids is 2. The summed E-state index contributed by atoms with van der Waals surface area (Å²) >= 11 is 0. The van der Waals surface area contributed by atoms with Crippen LogP contribution in [-0.2, 0) is 9.59 Å². The number of ether oxygens (including phenoxy) is 2. The molecule has 1 aromatic carbocycles. The summed E-state index contributed by atoms with van der Waals surface area (Å²) in [7, 11) is 1.58. The molecule has 1 fully saturated rings. The standard InChI is InChI=1S/C17H25N3O4/c1-23-14-4-2-3-5-15(14)24-13-7-17(22)20-11-9-19(10-12-20)16(21)6-8-18/h2-5H,6-13,18H2,1H3. The maximum Gasteiger partial charge on any atom is 0.226 e. The molecule has 0 saturated carbocycles. The number of rotatable bonds is 7. The van der Waals surface area contributed by atoms with E-state index in [4.69, 9.17) is 15.2 Å². The van der Waals surface area contributed by atoms with Gasteiger partial charge in [-0.3, -0.25) is 9.59 Å². The number of nitrogens with two attached hydrogens (primary N) is 1. The molecule has 132 valence electrons. The van der Waals surface area contributed by atoms with Gasteiger partial charge in [0.25, 0.3) is 0 Å². The molecule has 7 heteroatoms. The van der Waals surface area contributed by atoms with Crippen LogP contribution in [0, 0.1) is 0 Å². The molecule has 1 aliphatic rings. The van der Waals surface area contributed by atoms with Crippen LogP contribution in [0.1, 0.15) is 12.8 Å². The Labute approximate surface area is 142 Å². The van der Waals surface area contributed by atoms with Gasteiger partial charge in [-0.1, -0.05) is 12.1 Å². The van der Waals surface area contributed by atoms with Gasteiger partial charge in [0, 0.05) is 39.1 Å². The maximum absolute atomic E-state index is 12.2. The highest BCUT2D eigenvalue weighted by atomic mass is 16.5. The Hall–Kier alpha value is -2.28. The van der Waals surface area contributed by atoms with E-state index in [0.29, 0.717) is 63.7 Å². The second-order valence-corrected chi connectivity index (χ2v) is 5.55. The number of piperazine rings is 1. The lowest BCUT2D eigenvalue weighted by molar-refractivity contribution is -0.139. The van der Waals surface area contributed by atoms with Crippen LogP contribution < -0.4 is 15.2 Å². The minimum absolute atomic E-state index is 0.0378. The van der Waals surface area contributed by atoms with Crippen LogP contribution in [0.5, 0.6) is 11.5 Å². The zero-order valence-corrected chi connectivity index (χ0v) is 14.1. The zero-order valence-electron chi connectivity index (χ0n) is 14.1. The maximum atomic E-state index is 12.2. The summed E-state index contributed by atoms with van der Waals surface area (Å²) in [4.78, 5) is 27.6. The molecule has 2 N–H and O–H groups in total. The van der Waals surface area contributed by atoms with E-state index in [2.05, 4.69) is 0 Å². The number of hydrogen-bond acceptors (Lipinski definition) is 5. The molecule has 2 rings (SSSR count). The summed E-state index contributed by atoms with van der Waals surface area (Å²) in [5.41, 5.74) is 5.40. The molecule has 1 aromatic rings. The van der Waals surface area contributed by atoms with E-state index in [1.165, 1.54) is 0 Å². The molecule has 7 nitrogen and oxygen atoms in total. The average molecular weight is 335 g/mol. The quantitative estimate of drug-likeness (QED) is 0.783. The fourth-order valence-corrected chi connectivity index (χ4v) is 2.63. The van der Waals surface area contributed by atoms with Crippen molar-refractivity contribution in [3.63, 3.8) is 0 Å². The molecule has 0 spiro atoms. The molecule has 1 heterocycles. The smallest absolute Gasteiger partial charge is 0.226 e. The molecule has 24 heavy (non-hydrogen) atoms. The van der Waals surface area contributed by atoms with Crippen LogP contribution in [0.3, 0.4) is 0 Å². The molecule has 0 bridgehead atoms. The zero-order chi connectivity index (χ0) is 17.4. The molecular formula is C17H25N3O4. The minimum atomic E-state index is 0.0378. The van der Waals surface area contributed by atoms with Crippen molar-refractivity contribution in [2.45, 2.75) is 12.8 Å². The van der Waals surface area contributed by atoms with E-state index in [1.807, 2.05) is 24.3 Å². The fraction of sp³-hybridized carbons (Fsp3) is 0.529. The number of carbonyl (C=O) groups is 2. The van der Waals surface area contributed by atoms with Crippen LogP contribution in [0.2, 0.25) is 0 Å². The van der Waals surface area contributed by atoms with Crippen molar-refractivity contribution in [3.8, 4) is 11.5 Å². The molecule has 0 radical (unpaired) electrons. The van der Waals surface area contributed by atoms with Gasteiger partial charge in [0.2, 0.25) is 11.8 Å². The van der Waals surface area contributed by atoms with Gasteiger partial charge >= 0.3 is 0 Å². The molecule has 0 aromatic heterocycles. The van der Waals surface area contributed by atoms with E-state index in [0.717, 1.165) is 0 Å². The third kappa shape index (κ3) is 4.86. The van der Waals surface area contributed by atoms with Crippen molar-refractivity contribution in [1.82, 2.24) is 9.80 Å². The summed E-state index contributed by atoms with van der Waals surface area (Å²) in [6.45, 7) is 2.91. The third-order valence-electron chi connectivity index (χ3n) is 3.99. The van der Waals surface area contributed by atoms with E-state index in [1.54, 1.807) is 16.9 Å². The predicted molar refractivity (Wildman–Crippen MR) is 89.9 cm³/mol. The van der Waals surface area contributed by atoms with Crippen molar-refractivity contribution in [1.29, 1.82) is 0 Å². The van der Waals surface area contributed by atoms with Gasteiger partial charge in [0.1, 0.15) is 0 Å². The minimum Gasteiger partial charge on any atom is -0.493 e. The van der Waals surface area contributed by atoms with Crippen molar-refractivity contribution >= 4 is 11.8 Å². The monoisotopic (exact) mass is 335 g/mol. The summed E-state index contributed by atoms with van der Waals surface area (Å²) in [5.74, 6) is 1.38. The van der Waals surface area contributed by atoms with Gasteiger partial charge in [0.15, 0.2) is 11.5 Å². The van der Waals surface area contributed by atoms with Crippen molar-refractivity contribution in [2.24, 2.45) is 5.73 Å². The van der Waals surface area contributed by atoms with Gasteiger partial charge in [-0.05, 0) is 12.1 Å². The van der Waals surface area contributed by atoms with Crippen LogP contribution in [-0.4, -0.2) is 68.1 Å². The Bertz CT molecular complexity index is 557. The first-order valence-corrected chi connectivity index (χ1v) is 8.17. The van der Waals surface area contributed by atoms with E-state index < -0.39 is 0 Å². The molecule has 2 amide bonds. The SMILES string of the molecule is COc1ccccc1OCCC(=O)N1CCN(C(=O)CCN)CC1. The lowest BCUT2D eigenvalue weighted by Crippen LogP contribution is -2.51. The first-order chi connectivity index (χ1) is 11.7. The third-order valence-corrected chi connectivity index (χ3v) is 3.99. The van der Waals surface area contributed by atoms with Crippen molar-refractivity contribution < 1.29 is 19.1 Å². The Morgan fingerprint density at radius 2 is 1.54 bits per heavy atom. The Balaban J connectivity index is 1.73. The number of benzene rings is 1. The molecule has 0 unspecified atom stereocenters. The van der Waals surface area contributed by atoms with Crippen LogP contribution in [0.15, 0.2) is 24.3 Å². The lowest BCUT2D eigenvalue weighted by Gasteiger charge is -2.34. The van der Waals surface area contributed by atoms with Gasteiger partial charge in [-0.15, -0.1) is 0 Å². The normalized spacial score (nSPS) is 14.4. The highest BCUT2D eigenvalue weighted by molar-refractivity contribution is 5.78. The Kier molecular flexibility index (Phi) is 6.87. The molecule has 1 aliphatic heterocycles. The lowest BCUT2D eigenvalue weighted by atomic mass is 10.2. The van der Waals surface area contributed by atoms with Gasteiger partial charge < -0.3 is 25.0 Å². The van der Waals surface area contributed by atoms with Crippen LogP contribution >= 0.6 is 0 Å². The highest BCUT2D eigenvalue weighted by Gasteiger charge is 2.23. The number of amides is 2. The molecule has 0 aliphatic carbocycles. The predicted octanol–water partition coefficient (Wildman–Crippen LogP) is 0.484. The largest absolute Gasteiger partial charge is 0.493 e. The van der Waals surface area contributed by atoms with Crippen LogP contribution in [0.25, 0.3) is 0 Å². The van der Waals surface area contributed by atoms with Crippen LogP contribution in [0.4, 0.5) is 0 Å². The second-order valence-electron chi connectivity index (χ2n) is 5.55. The van der Waals surface area contributed by atoms with Gasteiger partial charge in [0.05, 0.1) is 20.1 Å². The molecule has 1 saturated heterocycles. The number of para-hydroxylation sites is 2. The van der Waals surface area contributed by atoms with Gasteiger partial charge in [-0.25, -0.2) is 0 Å². The fourth-order valence-electron chi connectivity index (χ4n) is 2.63. The Morgan fingerprint density at radius 3 is 2.08 bits per heavy atom. The van der Waals surface area contributed by atoms with Gasteiger partial charge in [-0.2, -0.15) is 0 Å². The Morgan fingerprint density at radius 1 is 1.00 bits per heavy atom. The van der Waals surface area contributed by atoms with Crippen molar-refractivity contribution in [3.05, 3.63) is 24.3 Å². The number of hydrogen-bond donors (Lipinski definition) is 1. The first kappa shape index (κ1) is 18.1. The molecule has 0 atom stereocenters. The second kappa shape index (κ2) is 9.12. The average Bonchev–Trinajstić information content (AvgIpc) is 2.62. The number of methoxy groups -OCH3 is 1. The topological polar surface area (TPSA) is 85.1 Å². The molecular weight excluding hydrogens is 310 g/mol. The summed E-state index contributed by atoms with van der Waals surface area (Å²) in [6, 6.07) is 7.35. The summed E-state index contributed by atoms with van der Waals surface area (Å²) < 4.78 is 10.8. The number of nitrogens with zero attached hydrogens (tertiary/aromatic N) is 2. The van der Waals surface area contributed by atoms with E-state index >= 15 is 0 Å². The highest BCUT2D eigenvalue weighted by Crippen LogP contribution is 2.25. The van der Waals surface area contributed by atoms with E-state index in [9.17, 15) is 9.59 Å².